The fourth-order valence-corrected chi connectivity index (χ4v) is 4.04. The summed E-state index contributed by atoms with van der Waals surface area (Å²) in [5.41, 5.74) is 6.26. The summed E-state index contributed by atoms with van der Waals surface area (Å²) in [6.07, 6.45) is 0. The number of nitrogens with zero attached hydrogens (tertiary/aromatic N) is 1. The van der Waals surface area contributed by atoms with Crippen LogP contribution in [0.25, 0.3) is 22.3 Å². The normalized spacial score (nSPS) is 17.9. The fraction of sp³-hybridized carbons (Fsp3) is 0.111. The Kier molecular flexibility index (Phi) is 4.53. The van der Waals surface area contributed by atoms with E-state index < -0.39 is 5.79 Å². The number of hydrogen-bond donors (Lipinski definition) is 1. The van der Waals surface area contributed by atoms with Gasteiger partial charge in [-0.15, -0.1) is 0 Å². The van der Waals surface area contributed by atoms with E-state index in [1.807, 2.05) is 79.8 Å². The number of β-amino-alcohol motifs (C(OH)–C–C–N with tert-alkyl or cyclic N) is 1. The van der Waals surface area contributed by atoms with Gasteiger partial charge in [0.05, 0.1) is 12.2 Å². The minimum absolute atomic E-state index is 0.350. The molecule has 1 aliphatic heterocycles. The average molecular weight is 393 g/mol. The monoisotopic (exact) mass is 393 g/mol. The van der Waals surface area contributed by atoms with Gasteiger partial charge in [0, 0.05) is 12.6 Å². The van der Waals surface area contributed by atoms with Gasteiger partial charge in [0.2, 0.25) is 0 Å². The van der Waals surface area contributed by atoms with Crippen LogP contribution in [0.2, 0.25) is 0 Å². The van der Waals surface area contributed by atoms with Crippen LogP contribution in [0.1, 0.15) is 5.56 Å². The van der Waals surface area contributed by atoms with E-state index in [0.717, 1.165) is 33.5 Å². The quantitative estimate of drug-likeness (QED) is 0.485. The van der Waals surface area contributed by atoms with Crippen LogP contribution in [0.5, 0.6) is 5.75 Å². The van der Waals surface area contributed by atoms with Gasteiger partial charge in [-0.25, -0.2) is 0 Å². The van der Waals surface area contributed by atoms with E-state index in [4.69, 9.17) is 4.74 Å². The van der Waals surface area contributed by atoms with Gasteiger partial charge in [0.15, 0.2) is 0 Å². The molecule has 0 aromatic heterocycles. The molecule has 0 saturated heterocycles. The molecule has 0 aliphatic carbocycles. The summed E-state index contributed by atoms with van der Waals surface area (Å²) in [5, 5.41) is 11.3. The molecule has 3 heteroatoms. The summed E-state index contributed by atoms with van der Waals surface area (Å²) < 4.78 is 6.13. The van der Waals surface area contributed by atoms with Crippen molar-refractivity contribution in [3.8, 4) is 28.0 Å². The van der Waals surface area contributed by atoms with Crippen LogP contribution in [0.15, 0.2) is 103 Å². The van der Waals surface area contributed by atoms with Crippen LogP contribution in [-0.4, -0.2) is 18.7 Å². The predicted molar refractivity (Wildman–Crippen MR) is 122 cm³/mol. The lowest BCUT2D eigenvalue weighted by molar-refractivity contribution is -0.142. The largest absolute Gasteiger partial charge is 0.454 e. The van der Waals surface area contributed by atoms with Crippen molar-refractivity contribution in [3.63, 3.8) is 0 Å². The molecule has 4 aromatic carbocycles. The lowest BCUT2D eigenvalue weighted by atomic mass is 9.98. The topological polar surface area (TPSA) is 32.7 Å². The third-order valence-electron chi connectivity index (χ3n) is 5.65. The summed E-state index contributed by atoms with van der Waals surface area (Å²) in [6, 6.07) is 34.5. The minimum Gasteiger partial charge on any atom is -0.454 e. The first-order chi connectivity index (χ1) is 14.6. The van der Waals surface area contributed by atoms with Crippen LogP contribution < -0.4 is 9.64 Å². The van der Waals surface area contributed by atoms with Gasteiger partial charge in [-0.1, -0.05) is 91.0 Å². The van der Waals surface area contributed by atoms with E-state index >= 15 is 0 Å². The Morgan fingerprint density at radius 2 is 1.23 bits per heavy atom. The number of ether oxygens (including phenoxy) is 1. The van der Waals surface area contributed by atoms with Crippen LogP contribution in [0, 0.1) is 0 Å². The molecule has 4 aromatic rings. The van der Waals surface area contributed by atoms with Gasteiger partial charge in [-0.2, -0.15) is 0 Å². The molecule has 1 heterocycles. The van der Waals surface area contributed by atoms with Crippen molar-refractivity contribution in [2.24, 2.45) is 0 Å². The smallest absolute Gasteiger partial charge is 0.252 e. The Morgan fingerprint density at radius 1 is 0.700 bits per heavy atom. The average Bonchev–Trinajstić information content (AvgIpc) is 2.80. The fourth-order valence-electron chi connectivity index (χ4n) is 4.04. The van der Waals surface area contributed by atoms with Crippen molar-refractivity contribution < 1.29 is 9.84 Å². The van der Waals surface area contributed by atoms with Gasteiger partial charge in [0.1, 0.15) is 5.75 Å². The van der Waals surface area contributed by atoms with Gasteiger partial charge >= 0.3 is 0 Å². The highest BCUT2D eigenvalue weighted by Gasteiger charge is 2.38. The molecule has 0 fully saturated rings. The standard InChI is InChI=1S/C27H23NO2/c1-28-19-27(29,24-15-12-22(13-16-24)20-8-4-2-5-9-20)30-26-17-14-23(18-25(26)28)21-10-6-3-7-11-21/h2-18,29H,19H2,1H3. The van der Waals surface area contributed by atoms with Crippen LogP contribution in [0.3, 0.4) is 0 Å². The first-order valence-corrected chi connectivity index (χ1v) is 10.1. The molecule has 1 atom stereocenters. The van der Waals surface area contributed by atoms with Gasteiger partial charge in [-0.05, 0) is 34.4 Å². The summed E-state index contributed by atoms with van der Waals surface area (Å²) in [6.45, 7) is 0.350. The number of fused-ring (bicyclic) bond motifs is 1. The van der Waals surface area contributed by atoms with Crippen molar-refractivity contribution >= 4 is 5.69 Å². The van der Waals surface area contributed by atoms with Crippen molar-refractivity contribution in [1.29, 1.82) is 0 Å². The molecule has 1 N–H and O–H groups in total. The molecule has 3 nitrogen and oxygen atoms in total. The highest BCUT2D eigenvalue weighted by Crippen LogP contribution is 2.41. The van der Waals surface area contributed by atoms with Crippen molar-refractivity contribution in [3.05, 3.63) is 109 Å². The highest BCUT2D eigenvalue weighted by atomic mass is 16.6. The molecule has 30 heavy (non-hydrogen) atoms. The molecule has 0 radical (unpaired) electrons. The molecular weight excluding hydrogens is 370 g/mol. The Hall–Kier alpha value is -3.56. The molecule has 0 bridgehead atoms. The first-order valence-electron chi connectivity index (χ1n) is 10.1. The van der Waals surface area contributed by atoms with Crippen molar-refractivity contribution in [2.45, 2.75) is 5.79 Å². The third kappa shape index (κ3) is 3.34. The molecule has 1 unspecified atom stereocenters. The Bertz CT molecular complexity index is 1160. The third-order valence-corrected chi connectivity index (χ3v) is 5.65. The van der Waals surface area contributed by atoms with Crippen molar-refractivity contribution in [1.82, 2.24) is 0 Å². The lowest BCUT2D eigenvalue weighted by Crippen LogP contribution is -2.47. The SMILES string of the molecule is CN1CC(O)(c2ccc(-c3ccccc3)cc2)Oc2ccc(-c3ccccc3)cc21. The van der Waals surface area contributed by atoms with E-state index in [2.05, 4.69) is 35.2 Å². The summed E-state index contributed by atoms with van der Waals surface area (Å²) in [7, 11) is 1.99. The molecular formula is C27H23NO2. The summed E-state index contributed by atoms with van der Waals surface area (Å²) >= 11 is 0. The molecule has 0 spiro atoms. The van der Waals surface area contributed by atoms with E-state index in [1.165, 1.54) is 0 Å². The first kappa shape index (κ1) is 18.5. The molecule has 1 aliphatic rings. The Morgan fingerprint density at radius 3 is 1.87 bits per heavy atom. The summed E-state index contributed by atoms with van der Waals surface area (Å²) in [4.78, 5) is 2.05. The molecule has 0 amide bonds. The van der Waals surface area contributed by atoms with Gasteiger partial charge in [-0.3, -0.25) is 0 Å². The maximum atomic E-state index is 11.3. The minimum atomic E-state index is -1.40. The number of hydrogen-bond acceptors (Lipinski definition) is 3. The zero-order valence-corrected chi connectivity index (χ0v) is 16.8. The Balaban J connectivity index is 1.45. The summed E-state index contributed by atoms with van der Waals surface area (Å²) in [5.74, 6) is -0.719. The van der Waals surface area contributed by atoms with Crippen LogP contribution in [-0.2, 0) is 5.79 Å². The second-order valence-corrected chi connectivity index (χ2v) is 7.73. The van der Waals surface area contributed by atoms with Crippen molar-refractivity contribution in [2.75, 3.05) is 18.5 Å². The molecule has 148 valence electrons. The second-order valence-electron chi connectivity index (χ2n) is 7.73. The Labute approximate surface area is 176 Å². The number of rotatable bonds is 3. The molecule has 0 saturated carbocycles. The van der Waals surface area contributed by atoms with Crippen LogP contribution >= 0.6 is 0 Å². The lowest BCUT2D eigenvalue weighted by Gasteiger charge is -2.40. The van der Waals surface area contributed by atoms with E-state index in [-0.39, 0.29) is 0 Å². The number of likely N-dealkylation sites (N-methyl/N-ethyl adjacent to an activating group) is 1. The maximum absolute atomic E-state index is 11.3. The zero-order valence-electron chi connectivity index (χ0n) is 16.8. The van der Waals surface area contributed by atoms with Gasteiger partial charge < -0.3 is 14.7 Å². The van der Waals surface area contributed by atoms with E-state index in [9.17, 15) is 5.11 Å². The number of aliphatic hydroxyl groups is 1. The highest BCUT2D eigenvalue weighted by molar-refractivity contribution is 5.73. The maximum Gasteiger partial charge on any atom is 0.252 e. The van der Waals surface area contributed by atoms with Gasteiger partial charge in [0.25, 0.3) is 5.79 Å². The van der Waals surface area contributed by atoms with E-state index in [0.29, 0.717) is 12.3 Å². The molecule has 5 rings (SSSR count). The van der Waals surface area contributed by atoms with E-state index in [1.54, 1.807) is 0 Å². The zero-order chi connectivity index (χ0) is 20.6. The van der Waals surface area contributed by atoms with Crippen LogP contribution in [0.4, 0.5) is 5.69 Å². The number of benzene rings is 4. The second kappa shape index (κ2) is 7.36. The predicted octanol–water partition coefficient (Wildman–Crippen LogP) is 5.69. The number of anilines is 1.